The second-order valence-corrected chi connectivity index (χ2v) is 6.16. The summed E-state index contributed by atoms with van der Waals surface area (Å²) in [7, 11) is 0. The van der Waals surface area contributed by atoms with Crippen molar-refractivity contribution in [1.29, 1.82) is 0 Å². The highest BCUT2D eigenvalue weighted by Gasteiger charge is 2.12. The van der Waals surface area contributed by atoms with Crippen molar-refractivity contribution >= 4 is 50.5 Å². The van der Waals surface area contributed by atoms with Crippen molar-refractivity contribution < 1.29 is 0 Å². The van der Waals surface area contributed by atoms with Crippen LogP contribution in [0.4, 0.5) is 0 Å². The summed E-state index contributed by atoms with van der Waals surface area (Å²) in [6.07, 6.45) is 0. The van der Waals surface area contributed by atoms with E-state index in [1.165, 1.54) is 11.3 Å². The van der Waals surface area contributed by atoms with E-state index in [1.807, 2.05) is 36.4 Å². The Kier molecular flexibility index (Phi) is 3.73. The number of benzene rings is 1. The summed E-state index contributed by atoms with van der Waals surface area (Å²) in [5, 5.41) is -0.125. The molecule has 4 heteroatoms. The van der Waals surface area contributed by atoms with Crippen LogP contribution in [0.5, 0.6) is 0 Å². The minimum atomic E-state index is -0.125. The molecule has 1 unspecified atom stereocenters. The largest absolute Gasteiger partial charge is 0.127 e. The van der Waals surface area contributed by atoms with Crippen molar-refractivity contribution in [1.82, 2.24) is 0 Å². The van der Waals surface area contributed by atoms with Crippen LogP contribution >= 0.6 is 50.5 Å². The molecule has 0 nitrogen and oxygen atoms in total. The average molecular weight is 322 g/mol. The van der Waals surface area contributed by atoms with Crippen LogP contribution in [0.2, 0.25) is 4.34 Å². The van der Waals surface area contributed by atoms with Gasteiger partial charge in [0, 0.05) is 9.35 Å². The van der Waals surface area contributed by atoms with Gasteiger partial charge in [0.15, 0.2) is 0 Å². The van der Waals surface area contributed by atoms with E-state index in [4.69, 9.17) is 23.2 Å². The van der Waals surface area contributed by atoms with Crippen molar-refractivity contribution in [3.05, 3.63) is 55.6 Å². The predicted octanol–water partition coefficient (Wildman–Crippen LogP) is 5.49. The van der Waals surface area contributed by atoms with E-state index in [-0.39, 0.29) is 5.38 Å². The summed E-state index contributed by atoms with van der Waals surface area (Å²) in [6, 6.07) is 11.8. The van der Waals surface area contributed by atoms with Crippen LogP contribution in [0.3, 0.4) is 0 Å². The average Bonchev–Trinajstić information content (AvgIpc) is 2.64. The molecule has 0 aliphatic heterocycles. The van der Waals surface area contributed by atoms with Crippen molar-refractivity contribution in [3.63, 3.8) is 0 Å². The van der Waals surface area contributed by atoms with E-state index in [1.54, 1.807) is 0 Å². The highest BCUT2D eigenvalue weighted by Crippen LogP contribution is 2.36. The summed E-state index contributed by atoms with van der Waals surface area (Å²) in [6.45, 7) is 0. The molecule has 0 saturated carbocycles. The number of alkyl halides is 1. The molecule has 1 heterocycles. The first-order valence-corrected chi connectivity index (χ1v) is 6.74. The van der Waals surface area contributed by atoms with Gasteiger partial charge in [0.1, 0.15) is 0 Å². The molecular formula is C11H7BrCl2S. The molecule has 2 aromatic rings. The molecular weight excluding hydrogens is 315 g/mol. The Hall–Kier alpha value is -0.0200. The van der Waals surface area contributed by atoms with Crippen molar-refractivity contribution in [2.45, 2.75) is 5.38 Å². The first-order valence-electron chi connectivity index (χ1n) is 4.31. The van der Waals surface area contributed by atoms with E-state index in [0.717, 1.165) is 19.2 Å². The van der Waals surface area contributed by atoms with Crippen LogP contribution in [0, 0.1) is 0 Å². The summed E-state index contributed by atoms with van der Waals surface area (Å²) in [4.78, 5) is 1.07. The zero-order valence-corrected chi connectivity index (χ0v) is 11.5. The van der Waals surface area contributed by atoms with Gasteiger partial charge < -0.3 is 0 Å². The van der Waals surface area contributed by atoms with Crippen molar-refractivity contribution in [2.75, 3.05) is 0 Å². The molecule has 78 valence electrons. The maximum Gasteiger partial charge on any atom is 0.0931 e. The van der Waals surface area contributed by atoms with Gasteiger partial charge in [-0.25, -0.2) is 0 Å². The van der Waals surface area contributed by atoms with Gasteiger partial charge in [0.2, 0.25) is 0 Å². The first-order chi connectivity index (χ1) is 7.16. The smallest absolute Gasteiger partial charge is 0.0931 e. The lowest BCUT2D eigenvalue weighted by atomic mass is 10.1. The highest BCUT2D eigenvalue weighted by atomic mass is 79.9. The molecule has 0 radical (unpaired) electrons. The number of thiophene rings is 1. The third kappa shape index (κ3) is 2.76. The summed E-state index contributed by atoms with van der Waals surface area (Å²) in [5.74, 6) is 0. The summed E-state index contributed by atoms with van der Waals surface area (Å²) in [5.41, 5.74) is 1.07. The molecule has 0 bridgehead atoms. The minimum Gasteiger partial charge on any atom is -0.127 e. The fourth-order valence-electron chi connectivity index (χ4n) is 1.29. The Bertz CT molecular complexity index is 467. The van der Waals surface area contributed by atoms with Crippen LogP contribution in [0.15, 0.2) is 40.9 Å². The van der Waals surface area contributed by atoms with E-state index in [9.17, 15) is 0 Å². The minimum absolute atomic E-state index is 0.125. The maximum absolute atomic E-state index is 6.35. The molecule has 2 rings (SSSR count). The highest BCUT2D eigenvalue weighted by molar-refractivity contribution is 9.10. The number of hydrogen-bond acceptors (Lipinski definition) is 1. The van der Waals surface area contributed by atoms with E-state index >= 15 is 0 Å². The molecule has 0 aliphatic rings. The quantitative estimate of drug-likeness (QED) is 0.641. The zero-order chi connectivity index (χ0) is 10.8. The second kappa shape index (κ2) is 4.88. The van der Waals surface area contributed by atoms with Gasteiger partial charge in [-0.1, -0.05) is 39.7 Å². The number of hydrogen-bond donors (Lipinski definition) is 0. The Morgan fingerprint density at radius 3 is 2.60 bits per heavy atom. The van der Waals surface area contributed by atoms with Crippen LogP contribution in [0.25, 0.3) is 0 Å². The predicted molar refractivity (Wildman–Crippen MR) is 71.2 cm³/mol. The van der Waals surface area contributed by atoms with Gasteiger partial charge in [-0.3, -0.25) is 0 Å². The SMILES string of the molecule is Clc1ccc(C(Cl)c2cccc(Br)c2)s1. The standard InChI is InChI=1S/C11H7BrCl2S/c12-8-3-1-2-7(6-8)11(14)9-4-5-10(13)15-9/h1-6,11H. The lowest BCUT2D eigenvalue weighted by molar-refractivity contribution is 1.18. The lowest BCUT2D eigenvalue weighted by Gasteiger charge is -2.07. The van der Waals surface area contributed by atoms with Gasteiger partial charge in [0.25, 0.3) is 0 Å². The normalized spacial score (nSPS) is 12.7. The fraction of sp³-hybridized carbons (Fsp3) is 0.0909. The summed E-state index contributed by atoms with van der Waals surface area (Å²) >= 11 is 17.2. The zero-order valence-electron chi connectivity index (χ0n) is 7.58. The van der Waals surface area contributed by atoms with Crippen molar-refractivity contribution in [3.8, 4) is 0 Å². The van der Waals surface area contributed by atoms with Gasteiger partial charge in [0.05, 0.1) is 9.71 Å². The van der Waals surface area contributed by atoms with Crippen molar-refractivity contribution in [2.24, 2.45) is 0 Å². The molecule has 1 aromatic heterocycles. The van der Waals surface area contributed by atoms with Gasteiger partial charge in [-0.2, -0.15) is 0 Å². The van der Waals surface area contributed by atoms with Gasteiger partial charge in [-0.15, -0.1) is 22.9 Å². The topological polar surface area (TPSA) is 0 Å². The van der Waals surface area contributed by atoms with Crippen LogP contribution in [0.1, 0.15) is 15.8 Å². The van der Waals surface area contributed by atoms with Crippen LogP contribution in [-0.2, 0) is 0 Å². The van der Waals surface area contributed by atoms with Gasteiger partial charge in [-0.05, 0) is 29.8 Å². The van der Waals surface area contributed by atoms with Crippen LogP contribution < -0.4 is 0 Å². The maximum atomic E-state index is 6.35. The summed E-state index contributed by atoms with van der Waals surface area (Å²) < 4.78 is 1.80. The molecule has 1 aromatic carbocycles. The Labute approximate surface area is 111 Å². The molecule has 0 amide bonds. The molecule has 0 spiro atoms. The van der Waals surface area contributed by atoms with Gasteiger partial charge >= 0.3 is 0 Å². The third-order valence-corrected chi connectivity index (χ3v) is 4.39. The van der Waals surface area contributed by atoms with E-state index in [2.05, 4.69) is 15.9 Å². The first kappa shape index (κ1) is 11.5. The van der Waals surface area contributed by atoms with Crippen LogP contribution in [-0.4, -0.2) is 0 Å². The Morgan fingerprint density at radius 1 is 1.20 bits per heavy atom. The fourth-order valence-corrected chi connectivity index (χ4v) is 3.12. The monoisotopic (exact) mass is 320 g/mol. The number of halogens is 3. The third-order valence-electron chi connectivity index (χ3n) is 1.99. The molecule has 0 saturated heterocycles. The second-order valence-electron chi connectivity index (χ2n) is 3.06. The molecule has 0 aliphatic carbocycles. The molecule has 0 N–H and O–H groups in total. The lowest BCUT2D eigenvalue weighted by Crippen LogP contribution is -1.89. The Morgan fingerprint density at radius 2 is 2.00 bits per heavy atom. The number of rotatable bonds is 2. The Balaban J connectivity index is 2.32. The van der Waals surface area contributed by atoms with E-state index in [0.29, 0.717) is 0 Å². The molecule has 15 heavy (non-hydrogen) atoms. The molecule has 0 fully saturated rings. The molecule has 1 atom stereocenters. The van der Waals surface area contributed by atoms with E-state index < -0.39 is 0 Å².